The lowest BCUT2D eigenvalue weighted by molar-refractivity contribution is -0.114. The highest BCUT2D eigenvalue weighted by molar-refractivity contribution is 6.06. The molecule has 0 radical (unpaired) electrons. The van der Waals surface area contributed by atoms with Crippen LogP contribution in [-0.2, 0) is 11.3 Å². The second-order valence-corrected chi connectivity index (χ2v) is 5.56. The number of anilines is 2. The summed E-state index contributed by atoms with van der Waals surface area (Å²) in [6, 6.07) is 19.9. The molecule has 1 aromatic heterocycles. The van der Waals surface area contributed by atoms with Crippen LogP contribution in [0.5, 0.6) is 0 Å². The molecule has 5 nitrogen and oxygen atoms in total. The fourth-order valence-electron chi connectivity index (χ4n) is 2.50. The normalized spacial score (nSPS) is 10.3. The number of para-hydroxylation sites is 1. The highest BCUT2D eigenvalue weighted by atomic mass is 16.3. The van der Waals surface area contributed by atoms with Crippen molar-refractivity contribution in [1.82, 2.24) is 0 Å². The van der Waals surface area contributed by atoms with Crippen molar-refractivity contribution in [2.45, 2.75) is 13.5 Å². The largest absolute Gasteiger partial charge is 0.467 e. The predicted molar refractivity (Wildman–Crippen MR) is 96.4 cm³/mol. The molecule has 3 aromatic rings. The number of hydrogen-bond acceptors (Lipinski definition) is 3. The van der Waals surface area contributed by atoms with Gasteiger partial charge in [-0.1, -0.05) is 18.2 Å². The van der Waals surface area contributed by atoms with E-state index in [-0.39, 0.29) is 11.8 Å². The van der Waals surface area contributed by atoms with Gasteiger partial charge in [-0.25, -0.2) is 0 Å². The molecule has 25 heavy (non-hydrogen) atoms. The van der Waals surface area contributed by atoms with E-state index in [9.17, 15) is 9.59 Å². The van der Waals surface area contributed by atoms with Crippen LogP contribution in [-0.4, -0.2) is 11.8 Å². The third-order valence-electron chi connectivity index (χ3n) is 3.66. The van der Waals surface area contributed by atoms with E-state index in [1.807, 2.05) is 36.4 Å². The van der Waals surface area contributed by atoms with E-state index in [1.165, 1.54) is 6.92 Å². The number of carbonyl (C=O) groups excluding carboxylic acids is 2. The Morgan fingerprint density at radius 3 is 2.28 bits per heavy atom. The van der Waals surface area contributed by atoms with Gasteiger partial charge < -0.3 is 14.6 Å². The van der Waals surface area contributed by atoms with Crippen LogP contribution < -0.4 is 10.2 Å². The minimum atomic E-state index is -0.150. The van der Waals surface area contributed by atoms with E-state index in [0.29, 0.717) is 23.6 Å². The molecule has 2 amide bonds. The topological polar surface area (TPSA) is 62.6 Å². The van der Waals surface area contributed by atoms with Gasteiger partial charge in [0.25, 0.3) is 5.91 Å². The lowest BCUT2D eigenvalue weighted by Gasteiger charge is -2.22. The van der Waals surface area contributed by atoms with Gasteiger partial charge in [-0.05, 0) is 48.5 Å². The van der Waals surface area contributed by atoms with Gasteiger partial charge in [-0.3, -0.25) is 9.59 Å². The van der Waals surface area contributed by atoms with Crippen molar-refractivity contribution in [3.63, 3.8) is 0 Å². The van der Waals surface area contributed by atoms with Gasteiger partial charge in [-0.15, -0.1) is 0 Å². The lowest BCUT2D eigenvalue weighted by Crippen LogP contribution is -2.30. The summed E-state index contributed by atoms with van der Waals surface area (Å²) >= 11 is 0. The molecular weight excluding hydrogens is 316 g/mol. The Labute approximate surface area is 145 Å². The third-order valence-corrected chi connectivity index (χ3v) is 3.66. The van der Waals surface area contributed by atoms with Gasteiger partial charge in [0.05, 0.1) is 12.8 Å². The molecule has 0 aliphatic heterocycles. The van der Waals surface area contributed by atoms with E-state index in [2.05, 4.69) is 5.32 Å². The average molecular weight is 334 g/mol. The Kier molecular flexibility index (Phi) is 4.95. The molecule has 0 bridgehead atoms. The smallest absolute Gasteiger partial charge is 0.258 e. The SMILES string of the molecule is CC(=O)Nc1ccc(C(=O)N(Cc2ccco2)c2ccccc2)cc1. The maximum Gasteiger partial charge on any atom is 0.258 e. The Bertz CT molecular complexity index is 840. The molecule has 0 fully saturated rings. The zero-order valence-corrected chi connectivity index (χ0v) is 13.8. The van der Waals surface area contributed by atoms with Crippen molar-refractivity contribution in [2.24, 2.45) is 0 Å². The van der Waals surface area contributed by atoms with Gasteiger partial charge in [0.1, 0.15) is 5.76 Å². The Morgan fingerprint density at radius 2 is 1.68 bits per heavy atom. The molecule has 126 valence electrons. The average Bonchev–Trinajstić information content (AvgIpc) is 3.13. The summed E-state index contributed by atoms with van der Waals surface area (Å²) in [6.07, 6.45) is 1.59. The standard InChI is InChI=1S/C20H18N2O3/c1-15(23)21-17-11-9-16(10-12-17)20(24)22(14-19-8-5-13-25-19)18-6-3-2-4-7-18/h2-13H,14H2,1H3,(H,21,23). The summed E-state index contributed by atoms with van der Waals surface area (Å²) in [6.45, 7) is 1.78. The number of carbonyl (C=O) groups is 2. The summed E-state index contributed by atoms with van der Waals surface area (Å²) in [5.41, 5.74) is 1.97. The van der Waals surface area contributed by atoms with Crippen LogP contribution in [0.2, 0.25) is 0 Å². The number of furan rings is 1. The van der Waals surface area contributed by atoms with Crippen molar-refractivity contribution in [2.75, 3.05) is 10.2 Å². The summed E-state index contributed by atoms with van der Waals surface area (Å²) in [5.74, 6) is 0.409. The van der Waals surface area contributed by atoms with Crippen LogP contribution in [0.15, 0.2) is 77.4 Å². The molecule has 0 spiro atoms. The second-order valence-electron chi connectivity index (χ2n) is 5.56. The van der Waals surface area contributed by atoms with Crippen LogP contribution in [0.1, 0.15) is 23.0 Å². The molecular formula is C20H18N2O3. The molecule has 2 aromatic carbocycles. The monoisotopic (exact) mass is 334 g/mol. The number of nitrogens with zero attached hydrogens (tertiary/aromatic N) is 1. The maximum absolute atomic E-state index is 13.0. The number of rotatable bonds is 5. The molecule has 1 N–H and O–H groups in total. The molecule has 0 unspecified atom stereocenters. The van der Waals surface area contributed by atoms with Crippen molar-refractivity contribution in [3.8, 4) is 0 Å². The van der Waals surface area contributed by atoms with Crippen LogP contribution in [0.4, 0.5) is 11.4 Å². The molecule has 0 atom stereocenters. The Morgan fingerprint density at radius 1 is 0.960 bits per heavy atom. The number of nitrogens with one attached hydrogen (secondary N) is 1. The van der Waals surface area contributed by atoms with Gasteiger partial charge in [-0.2, -0.15) is 0 Å². The lowest BCUT2D eigenvalue weighted by atomic mass is 10.1. The zero-order chi connectivity index (χ0) is 17.6. The van der Waals surface area contributed by atoms with E-state index in [1.54, 1.807) is 41.5 Å². The fourth-order valence-corrected chi connectivity index (χ4v) is 2.50. The quantitative estimate of drug-likeness (QED) is 0.764. The maximum atomic E-state index is 13.0. The molecule has 3 rings (SSSR count). The van der Waals surface area contributed by atoms with Gasteiger partial charge in [0.2, 0.25) is 5.91 Å². The fraction of sp³-hybridized carbons (Fsp3) is 0.100. The molecule has 1 heterocycles. The van der Waals surface area contributed by atoms with E-state index in [4.69, 9.17) is 4.42 Å². The number of benzene rings is 2. The summed E-state index contributed by atoms with van der Waals surface area (Å²) < 4.78 is 5.39. The molecule has 0 saturated heterocycles. The van der Waals surface area contributed by atoms with Crippen molar-refractivity contribution < 1.29 is 14.0 Å². The zero-order valence-electron chi connectivity index (χ0n) is 13.8. The highest BCUT2D eigenvalue weighted by Gasteiger charge is 2.19. The Hall–Kier alpha value is -3.34. The minimum absolute atomic E-state index is 0.142. The van der Waals surface area contributed by atoms with Gasteiger partial charge in [0.15, 0.2) is 0 Å². The van der Waals surface area contributed by atoms with Crippen LogP contribution >= 0.6 is 0 Å². The summed E-state index contributed by atoms with van der Waals surface area (Å²) in [7, 11) is 0. The number of amides is 2. The van der Waals surface area contributed by atoms with Crippen LogP contribution in [0.3, 0.4) is 0 Å². The number of hydrogen-bond donors (Lipinski definition) is 1. The van der Waals surface area contributed by atoms with E-state index >= 15 is 0 Å². The first-order chi connectivity index (χ1) is 12.1. The van der Waals surface area contributed by atoms with Crippen molar-refractivity contribution in [1.29, 1.82) is 0 Å². The van der Waals surface area contributed by atoms with Crippen molar-refractivity contribution >= 4 is 23.2 Å². The first-order valence-electron chi connectivity index (χ1n) is 7.90. The van der Waals surface area contributed by atoms with Gasteiger partial charge in [0, 0.05) is 23.9 Å². The summed E-state index contributed by atoms with van der Waals surface area (Å²) in [5, 5.41) is 2.69. The molecule has 0 aliphatic rings. The molecule has 0 aliphatic carbocycles. The van der Waals surface area contributed by atoms with E-state index in [0.717, 1.165) is 5.69 Å². The predicted octanol–water partition coefficient (Wildman–Crippen LogP) is 4.09. The van der Waals surface area contributed by atoms with Crippen LogP contribution in [0.25, 0.3) is 0 Å². The Balaban J connectivity index is 1.87. The second kappa shape index (κ2) is 7.49. The minimum Gasteiger partial charge on any atom is -0.467 e. The first-order valence-corrected chi connectivity index (χ1v) is 7.90. The van der Waals surface area contributed by atoms with E-state index < -0.39 is 0 Å². The summed E-state index contributed by atoms with van der Waals surface area (Å²) in [4.78, 5) is 25.8. The molecule has 0 saturated carbocycles. The highest BCUT2D eigenvalue weighted by Crippen LogP contribution is 2.21. The van der Waals surface area contributed by atoms with Gasteiger partial charge >= 0.3 is 0 Å². The van der Waals surface area contributed by atoms with Crippen LogP contribution in [0, 0.1) is 0 Å². The third kappa shape index (κ3) is 4.14. The molecule has 5 heteroatoms. The first kappa shape index (κ1) is 16.5. The van der Waals surface area contributed by atoms with Crippen molar-refractivity contribution in [3.05, 3.63) is 84.3 Å².